The SMILES string of the molecule is CCc1ccccc1Nc1cc(Nc2ccc(N3CCC4(CCOCC4)CC3)cn2)nc2c1nc(C(C)C)n2PI. The van der Waals surface area contributed by atoms with Gasteiger partial charge in [-0.05, 0) is 83.3 Å². The van der Waals surface area contributed by atoms with E-state index in [0.29, 0.717) is 17.7 Å². The molecule has 1 aromatic carbocycles. The van der Waals surface area contributed by atoms with E-state index in [1.807, 2.05) is 6.20 Å². The number of fused-ring (bicyclic) bond motifs is 1. The van der Waals surface area contributed by atoms with Crippen LogP contribution in [0.25, 0.3) is 11.2 Å². The topological polar surface area (TPSA) is 80.1 Å². The molecule has 5 heterocycles. The van der Waals surface area contributed by atoms with Crippen LogP contribution in [0.2, 0.25) is 0 Å². The zero-order valence-corrected chi connectivity index (χ0v) is 27.2. The van der Waals surface area contributed by atoms with E-state index < -0.39 is 0 Å². The van der Waals surface area contributed by atoms with Crippen molar-refractivity contribution in [2.45, 2.75) is 58.8 Å². The van der Waals surface area contributed by atoms with E-state index in [4.69, 9.17) is 19.7 Å². The molecule has 0 bridgehead atoms. The van der Waals surface area contributed by atoms with Gasteiger partial charge in [0.25, 0.3) is 0 Å². The molecule has 2 aliphatic rings. The van der Waals surface area contributed by atoms with Gasteiger partial charge < -0.3 is 20.3 Å². The Morgan fingerprint density at radius 1 is 0.976 bits per heavy atom. The fraction of sp³-hybridized carbons (Fsp3) is 0.452. The third-order valence-electron chi connectivity index (χ3n) is 8.66. The average molecular weight is 684 g/mol. The molecule has 8 nitrogen and oxygen atoms in total. The van der Waals surface area contributed by atoms with Crippen molar-refractivity contribution in [2.24, 2.45) is 5.41 Å². The monoisotopic (exact) mass is 683 g/mol. The number of imidazole rings is 1. The summed E-state index contributed by atoms with van der Waals surface area (Å²) in [7, 11) is 0. The van der Waals surface area contributed by atoms with E-state index in [2.05, 4.69) is 105 Å². The number of aryl methyl sites for hydroxylation is 1. The third kappa shape index (κ3) is 6.04. The van der Waals surface area contributed by atoms with Crippen molar-refractivity contribution >= 4 is 68.3 Å². The maximum absolute atomic E-state index is 5.62. The molecule has 0 saturated carbocycles. The second-order valence-corrected chi connectivity index (χ2v) is 13.6. The number of aromatic nitrogens is 4. The summed E-state index contributed by atoms with van der Waals surface area (Å²) >= 11 is 2.42. The second kappa shape index (κ2) is 12.4. The highest BCUT2D eigenvalue weighted by molar-refractivity contribution is 14.2. The summed E-state index contributed by atoms with van der Waals surface area (Å²) in [5.74, 6) is 2.88. The summed E-state index contributed by atoms with van der Waals surface area (Å²) < 4.78 is 7.86. The van der Waals surface area contributed by atoms with Crippen molar-refractivity contribution in [1.82, 2.24) is 19.3 Å². The standard InChI is InChI=1S/C31H39IN7OP/c1-4-22-7-5-6-8-24(22)34-25-19-27(36-30-28(25)37-29(21(2)3)39(30)41-32)35-26-10-9-23(20-33-26)38-15-11-31(12-16-38)13-17-40-18-14-31/h5-10,19-21,41H,4,11-18H2,1-3H3,(H2,33,34,35,36). The van der Waals surface area contributed by atoms with Gasteiger partial charge in [0.1, 0.15) is 23.0 Å². The van der Waals surface area contributed by atoms with Gasteiger partial charge in [-0.2, -0.15) is 0 Å². The number of anilines is 5. The largest absolute Gasteiger partial charge is 0.381 e. The maximum atomic E-state index is 5.62. The van der Waals surface area contributed by atoms with Crippen molar-refractivity contribution in [3.05, 3.63) is 60.0 Å². The number of benzene rings is 1. The van der Waals surface area contributed by atoms with Crippen molar-refractivity contribution < 1.29 is 4.74 Å². The first-order valence-corrected chi connectivity index (χ1v) is 18.8. The van der Waals surface area contributed by atoms with Crippen LogP contribution in [-0.2, 0) is 11.2 Å². The highest BCUT2D eigenvalue weighted by Crippen LogP contribution is 2.42. The molecule has 1 atom stereocenters. The van der Waals surface area contributed by atoms with E-state index >= 15 is 0 Å². The number of pyridine rings is 2. The molecule has 4 aromatic rings. The van der Waals surface area contributed by atoms with Crippen LogP contribution in [-0.4, -0.2) is 45.6 Å². The van der Waals surface area contributed by atoms with Crippen LogP contribution in [0.1, 0.15) is 63.8 Å². The Labute approximate surface area is 257 Å². The Balaban J connectivity index is 1.26. The normalized spacial score (nSPS) is 17.2. The van der Waals surface area contributed by atoms with E-state index in [9.17, 15) is 0 Å². The van der Waals surface area contributed by atoms with Gasteiger partial charge in [-0.15, -0.1) is 0 Å². The van der Waals surface area contributed by atoms with Crippen LogP contribution >= 0.6 is 28.4 Å². The van der Waals surface area contributed by atoms with Crippen LogP contribution in [0.4, 0.5) is 28.7 Å². The van der Waals surface area contributed by atoms with E-state index in [1.165, 1.54) is 36.9 Å². The first kappa shape index (κ1) is 28.6. The Kier molecular flexibility index (Phi) is 8.65. The molecule has 41 heavy (non-hydrogen) atoms. The molecule has 0 radical (unpaired) electrons. The number of ether oxygens (including phenoxy) is 1. The highest BCUT2D eigenvalue weighted by atomic mass is 127. The fourth-order valence-electron chi connectivity index (χ4n) is 6.11. The van der Waals surface area contributed by atoms with E-state index in [1.54, 1.807) is 0 Å². The molecular weight excluding hydrogens is 644 g/mol. The number of nitrogens with one attached hydrogen (secondary N) is 2. The minimum atomic E-state index is 0.295. The lowest BCUT2D eigenvalue weighted by Gasteiger charge is -2.44. The number of hydrogen-bond donors (Lipinski definition) is 2. The number of para-hydroxylation sites is 1. The number of hydrogen-bond acceptors (Lipinski definition) is 7. The van der Waals surface area contributed by atoms with Gasteiger partial charge in [-0.1, -0.05) is 39.0 Å². The third-order valence-corrected chi connectivity index (χ3v) is 10.7. The summed E-state index contributed by atoms with van der Waals surface area (Å²) in [4.78, 5) is 17.4. The first-order valence-electron chi connectivity index (χ1n) is 14.7. The van der Waals surface area contributed by atoms with Crippen molar-refractivity contribution in [2.75, 3.05) is 41.8 Å². The molecule has 2 aliphatic heterocycles. The Morgan fingerprint density at radius 3 is 2.44 bits per heavy atom. The molecule has 1 unspecified atom stereocenters. The summed E-state index contributed by atoms with van der Waals surface area (Å²) in [5.41, 5.74) is 6.75. The smallest absolute Gasteiger partial charge is 0.168 e. The average Bonchev–Trinajstić information content (AvgIpc) is 3.38. The molecule has 0 aliphatic carbocycles. The highest BCUT2D eigenvalue weighted by Gasteiger charge is 2.36. The zero-order valence-electron chi connectivity index (χ0n) is 24.1. The first-order chi connectivity index (χ1) is 20.0. The number of piperidine rings is 1. The maximum Gasteiger partial charge on any atom is 0.168 e. The number of nitrogens with zero attached hydrogens (tertiary/aromatic N) is 5. The molecule has 216 valence electrons. The Bertz CT molecular complexity index is 1490. The van der Waals surface area contributed by atoms with Crippen LogP contribution in [0.5, 0.6) is 0 Å². The van der Waals surface area contributed by atoms with Gasteiger partial charge in [-0.3, -0.25) is 4.34 Å². The molecular formula is C31H39IN7OP. The second-order valence-electron chi connectivity index (χ2n) is 11.5. The van der Waals surface area contributed by atoms with E-state index in [0.717, 1.165) is 72.7 Å². The molecule has 6 rings (SSSR count). The van der Waals surface area contributed by atoms with Crippen molar-refractivity contribution in [3.8, 4) is 0 Å². The quantitative estimate of drug-likeness (QED) is 0.143. The Hall–Kier alpha value is -2.49. The van der Waals surface area contributed by atoms with Gasteiger partial charge in [0.05, 0.1) is 23.9 Å². The number of halogens is 1. The van der Waals surface area contributed by atoms with Crippen LogP contribution < -0.4 is 15.5 Å². The molecule has 0 amide bonds. The van der Waals surface area contributed by atoms with Gasteiger partial charge in [-0.25, -0.2) is 15.0 Å². The van der Waals surface area contributed by atoms with Gasteiger partial charge in [0.15, 0.2) is 5.65 Å². The lowest BCUT2D eigenvalue weighted by atomic mass is 9.72. The lowest BCUT2D eigenvalue weighted by molar-refractivity contribution is 0.00212. The van der Waals surface area contributed by atoms with Gasteiger partial charge >= 0.3 is 0 Å². The molecule has 10 heteroatoms. The zero-order chi connectivity index (χ0) is 28.4. The predicted molar refractivity (Wildman–Crippen MR) is 180 cm³/mol. The summed E-state index contributed by atoms with van der Waals surface area (Å²) in [6.45, 7) is 10.6. The molecule has 2 fully saturated rings. The summed E-state index contributed by atoms with van der Waals surface area (Å²) in [6.07, 6.45) is 8.33. The van der Waals surface area contributed by atoms with Crippen LogP contribution in [0, 0.1) is 5.41 Å². The van der Waals surface area contributed by atoms with Gasteiger partial charge in [0.2, 0.25) is 0 Å². The molecule has 1 spiro atoms. The Morgan fingerprint density at radius 2 is 1.76 bits per heavy atom. The minimum absolute atomic E-state index is 0.295. The van der Waals surface area contributed by atoms with E-state index in [-0.39, 0.29) is 0 Å². The summed E-state index contributed by atoms with van der Waals surface area (Å²) in [5, 5.41) is 7.16. The summed E-state index contributed by atoms with van der Waals surface area (Å²) in [6, 6.07) is 14.8. The molecule has 2 saturated heterocycles. The van der Waals surface area contributed by atoms with Gasteiger partial charge in [0, 0.05) is 44.0 Å². The van der Waals surface area contributed by atoms with Crippen molar-refractivity contribution in [3.63, 3.8) is 0 Å². The van der Waals surface area contributed by atoms with Crippen molar-refractivity contribution in [1.29, 1.82) is 0 Å². The van der Waals surface area contributed by atoms with Crippen LogP contribution in [0.15, 0.2) is 48.7 Å². The molecule has 2 N–H and O–H groups in total. The number of rotatable bonds is 8. The lowest BCUT2D eigenvalue weighted by Crippen LogP contribution is -2.43. The minimum Gasteiger partial charge on any atom is -0.381 e. The predicted octanol–water partition coefficient (Wildman–Crippen LogP) is 8.19. The van der Waals surface area contributed by atoms with Crippen LogP contribution in [0.3, 0.4) is 0 Å². The molecule has 3 aromatic heterocycles. The fourth-order valence-corrected chi connectivity index (χ4v) is 8.17.